The standard InChI is InChI=1S/C14H18N2.C6H8O3/c1-2-3-4-7-12-10-9-11-6-5-8-13(15)14(11)16-12;7-6(8)5-2-1-3-9-4-5/h5-6,8-10H,2-4,7,15H2,1H3;4H,1-3H2,(H,7,8). The molecule has 0 amide bonds. The molecule has 5 nitrogen and oxygen atoms in total. The van der Waals surface area contributed by atoms with Crippen molar-refractivity contribution in [2.75, 3.05) is 12.3 Å². The molecule has 3 N–H and O–H groups in total. The van der Waals surface area contributed by atoms with Crippen molar-refractivity contribution in [3.8, 4) is 0 Å². The second kappa shape index (κ2) is 9.67. The summed E-state index contributed by atoms with van der Waals surface area (Å²) in [5, 5.41) is 9.51. The Balaban J connectivity index is 0.000000212. The minimum Gasteiger partial charge on any atom is -0.501 e. The molecule has 25 heavy (non-hydrogen) atoms. The first-order valence-corrected chi connectivity index (χ1v) is 8.80. The van der Waals surface area contributed by atoms with Gasteiger partial charge in [0.15, 0.2) is 0 Å². The largest absolute Gasteiger partial charge is 0.501 e. The van der Waals surface area contributed by atoms with E-state index in [-0.39, 0.29) is 0 Å². The van der Waals surface area contributed by atoms with Gasteiger partial charge in [-0.25, -0.2) is 4.79 Å². The van der Waals surface area contributed by atoms with Gasteiger partial charge in [0, 0.05) is 11.1 Å². The molecule has 134 valence electrons. The van der Waals surface area contributed by atoms with Gasteiger partial charge in [-0.2, -0.15) is 0 Å². The molecule has 0 atom stereocenters. The lowest BCUT2D eigenvalue weighted by Gasteiger charge is -2.08. The van der Waals surface area contributed by atoms with E-state index in [1.54, 1.807) is 0 Å². The van der Waals surface area contributed by atoms with Gasteiger partial charge in [0.2, 0.25) is 0 Å². The van der Waals surface area contributed by atoms with Crippen LogP contribution in [0.25, 0.3) is 10.9 Å². The van der Waals surface area contributed by atoms with Crippen molar-refractivity contribution >= 4 is 22.6 Å². The molecule has 2 heterocycles. The first-order valence-electron chi connectivity index (χ1n) is 8.80. The SMILES string of the molecule is CCCCCc1ccc2cccc(N)c2n1.O=C(O)C1=COCCC1. The van der Waals surface area contributed by atoms with Crippen LogP contribution in [0.5, 0.6) is 0 Å². The van der Waals surface area contributed by atoms with Gasteiger partial charge in [0.05, 0.1) is 29.6 Å². The number of aliphatic carboxylic acids is 1. The van der Waals surface area contributed by atoms with Crippen LogP contribution in [0.4, 0.5) is 5.69 Å². The van der Waals surface area contributed by atoms with Crippen LogP contribution in [0.15, 0.2) is 42.2 Å². The Morgan fingerprint density at radius 1 is 1.28 bits per heavy atom. The molecule has 1 aromatic heterocycles. The number of aromatic nitrogens is 1. The number of unbranched alkanes of at least 4 members (excludes halogenated alkanes) is 2. The maximum absolute atomic E-state index is 10.2. The molecular weight excluding hydrogens is 316 g/mol. The van der Waals surface area contributed by atoms with Gasteiger partial charge in [-0.1, -0.05) is 38.0 Å². The van der Waals surface area contributed by atoms with E-state index >= 15 is 0 Å². The fourth-order valence-corrected chi connectivity index (χ4v) is 2.63. The maximum Gasteiger partial charge on any atom is 0.334 e. The number of nitrogen functional groups attached to an aromatic ring is 1. The molecule has 1 aromatic carbocycles. The number of carbonyl (C=O) groups is 1. The molecule has 0 spiro atoms. The molecule has 0 unspecified atom stereocenters. The van der Waals surface area contributed by atoms with Crippen LogP contribution in [0.2, 0.25) is 0 Å². The molecule has 5 heteroatoms. The Labute approximate surface area is 148 Å². The van der Waals surface area contributed by atoms with Crippen molar-refractivity contribution in [2.24, 2.45) is 0 Å². The van der Waals surface area contributed by atoms with Gasteiger partial charge in [0.25, 0.3) is 0 Å². The lowest BCUT2D eigenvalue weighted by atomic mass is 10.1. The molecule has 3 rings (SSSR count). The minimum absolute atomic E-state index is 0.376. The first kappa shape index (κ1) is 18.8. The van der Waals surface area contributed by atoms with Crippen molar-refractivity contribution in [3.05, 3.63) is 47.9 Å². The third-order valence-corrected chi connectivity index (χ3v) is 4.05. The highest BCUT2D eigenvalue weighted by atomic mass is 16.5. The second-order valence-electron chi connectivity index (χ2n) is 6.10. The summed E-state index contributed by atoms with van der Waals surface area (Å²) in [6, 6.07) is 10.1. The van der Waals surface area contributed by atoms with Crippen molar-refractivity contribution in [1.82, 2.24) is 4.98 Å². The lowest BCUT2D eigenvalue weighted by Crippen LogP contribution is -2.07. The van der Waals surface area contributed by atoms with Crippen LogP contribution < -0.4 is 5.73 Å². The number of rotatable bonds is 5. The van der Waals surface area contributed by atoms with Crippen LogP contribution in [0.1, 0.15) is 44.7 Å². The van der Waals surface area contributed by atoms with Gasteiger partial charge in [-0.3, -0.25) is 4.98 Å². The Morgan fingerprint density at radius 2 is 2.12 bits per heavy atom. The Bertz CT molecular complexity index is 741. The second-order valence-corrected chi connectivity index (χ2v) is 6.10. The first-order chi connectivity index (χ1) is 12.1. The molecule has 2 aromatic rings. The topological polar surface area (TPSA) is 85.4 Å². The van der Waals surface area contributed by atoms with E-state index in [4.69, 9.17) is 15.6 Å². The van der Waals surface area contributed by atoms with Crippen LogP contribution in [-0.4, -0.2) is 22.7 Å². The van der Waals surface area contributed by atoms with Gasteiger partial charge >= 0.3 is 5.97 Å². The summed E-state index contributed by atoms with van der Waals surface area (Å²) in [5.41, 5.74) is 9.16. The van der Waals surface area contributed by atoms with Crippen LogP contribution in [-0.2, 0) is 16.0 Å². The zero-order chi connectivity index (χ0) is 18.1. The van der Waals surface area contributed by atoms with E-state index in [0.717, 1.165) is 35.1 Å². The van der Waals surface area contributed by atoms with Crippen molar-refractivity contribution < 1.29 is 14.6 Å². The fraction of sp³-hybridized carbons (Fsp3) is 0.400. The highest BCUT2D eigenvalue weighted by molar-refractivity contribution is 5.89. The van der Waals surface area contributed by atoms with Crippen LogP contribution in [0.3, 0.4) is 0 Å². The number of fused-ring (bicyclic) bond motifs is 1. The maximum atomic E-state index is 10.2. The summed E-state index contributed by atoms with van der Waals surface area (Å²) < 4.78 is 4.80. The number of nitrogens with two attached hydrogens (primary N) is 1. The highest BCUT2D eigenvalue weighted by Gasteiger charge is 2.10. The Morgan fingerprint density at radius 3 is 2.76 bits per heavy atom. The molecule has 0 saturated heterocycles. The summed E-state index contributed by atoms with van der Waals surface area (Å²) in [6.45, 7) is 2.86. The van der Waals surface area contributed by atoms with E-state index in [2.05, 4.69) is 30.1 Å². The third kappa shape index (κ3) is 5.78. The number of aryl methyl sites for hydroxylation is 1. The number of hydrogen-bond acceptors (Lipinski definition) is 4. The van der Waals surface area contributed by atoms with Crippen molar-refractivity contribution in [2.45, 2.75) is 45.4 Å². The number of nitrogens with zero attached hydrogens (tertiary/aromatic N) is 1. The van der Waals surface area contributed by atoms with Crippen LogP contribution >= 0.6 is 0 Å². The minimum atomic E-state index is -0.866. The smallest absolute Gasteiger partial charge is 0.334 e. The van der Waals surface area contributed by atoms with Crippen LogP contribution in [0, 0.1) is 0 Å². The van der Waals surface area contributed by atoms with Gasteiger partial charge < -0.3 is 15.6 Å². The number of para-hydroxylation sites is 1. The average Bonchev–Trinajstić information content (AvgIpc) is 2.64. The van der Waals surface area contributed by atoms with E-state index in [1.807, 2.05) is 12.1 Å². The number of anilines is 1. The van der Waals surface area contributed by atoms with E-state index in [1.165, 1.54) is 25.5 Å². The molecule has 0 fully saturated rings. The van der Waals surface area contributed by atoms with E-state index < -0.39 is 5.97 Å². The average molecular weight is 342 g/mol. The third-order valence-electron chi connectivity index (χ3n) is 4.05. The van der Waals surface area contributed by atoms with E-state index in [0.29, 0.717) is 18.6 Å². The summed E-state index contributed by atoms with van der Waals surface area (Å²) in [7, 11) is 0. The van der Waals surface area contributed by atoms with Gasteiger partial charge in [0.1, 0.15) is 0 Å². The normalized spacial score (nSPS) is 13.4. The Kier molecular flexibility index (Phi) is 7.26. The number of ether oxygens (including phenoxy) is 1. The van der Waals surface area contributed by atoms with E-state index in [9.17, 15) is 4.79 Å². The highest BCUT2D eigenvalue weighted by Crippen LogP contribution is 2.19. The lowest BCUT2D eigenvalue weighted by molar-refractivity contribution is -0.133. The zero-order valence-electron chi connectivity index (χ0n) is 14.7. The zero-order valence-corrected chi connectivity index (χ0v) is 14.7. The predicted molar refractivity (Wildman–Crippen MR) is 100 cm³/mol. The fourth-order valence-electron chi connectivity index (χ4n) is 2.63. The predicted octanol–water partition coefficient (Wildman–Crippen LogP) is 4.32. The molecule has 0 aliphatic carbocycles. The number of hydrogen-bond donors (Lipinski definition) is 2. The molecule has 1 aliphatic heterocycles. The van der Waals surface area contributed by atoms with Gasteiger partial charge in [-0.05, 0) is 37.8 Å². The van der Waals surface area contributed by atoms with Gasteiger partial charge in [-0.15, -0.1) is 0 Å². The molecule has 0 radical (unpaired) electrons. The summed E-state index contributed by atoms with van der Waals surface area (Å²) in [6.07, 6.45) is 7.55. The molecule has 1 aliphatic rings. The Hall–Kier alpha value is -2.56. The van der Waals surface area contributed by atoms with Crippen molar-refractivity contribution in [1.29, 1.82) is 0 Å². The monoisotopic (exact) mass is 342 g/mol. The molecular formula is C20H26N2O3. The van der Waals surface area contributed by atoms with Crippen molar-refractivity contribution in [3.63, 3.8) is 0 Å². The number of carboxylic acid groups (broad SMARTS) is 1. The summed E-state index contributed by atoms with van der Waals surface area (Å²) in [5.74, 6) is -0.866. The molecule has 0 saturated carbocycles. The number of pyridine rings is 1. The summed E-state index contributed by atoms with van der Waals surface area (Å²) in [4.78, 5) is 14.8. The number of carboxylic acids is 1. The summed E-state index contributed by atoms with van der Waals surface area (Å²) >= 11 is 0. The molecule has 0 bridgehead atoms. The number of benzene rings is 1. The quantitative estimate of drug-likeness (QED) is 0.624.